The molecule has 0 bridgehead atoms. The van der Waals surface area contributed by atoms with Gasteiger partial charge < -0.3 is 28.7 Å². The first-order valence-electron chi connectivity index (χ1n) is 21.7. The average Bonchev–Trinajstić information content (AvgIpc) is 3.71. The third-order valence-corrected chi connectivity index (χ3v) is 13.5. The van der Waals surface area contributed by atoms with E-state index in [0.29, 0.717) is 81.5 Å². The monoisotopic (exact) mass is 1110 g/mol. The van der Waals surface area contributed by atoms with Crippen molar-refractivity contribution >= 4 is 50.8 Å². The Kier molecular flexibility index (Phi) is 16.1. The highest BCUT2D eigenvalue weighted by molar-refractivity contribution is 9.10. The molecule has 4 aromatic rings. The second-order valence-corrected chi connectivity index (χ2v) is 21.4. The summed E-state index contributed by atoms with van der Waals surface area (Å²) in [6.45, 7) is 12.5. The van der Waals surface area contributed by atoms with E-state index < -0.39 is 81.5 Å². The fourth-order valence-electron chi connectivity index (χ4n) is 7.71. The van der Waals surface area contributed by atoms with Gasteiger partial charge in [-0.05, 0) is 116 Å². The molecule has 0 radical (unpaired) electrons. The number of nitrogens with zero attached hydrogens (tertiary/aromatic N) is 4. The van der Waals surface area contributed by atoms with Crippen molar-refractivity contribution in [2.24, 2.45) is 0 Å². The van der Waals surface area contributed by atoms with E-state index in [9.17, 15) is 62.3 Å². The van der Waals surface area contributed by atoms with E-state index in [1.54, 1.807) is 62.1 Å². The molecule has 0 atom stereocenters. The molecule has 7 rings (SSSR count). The Morgan fingerprint density at radius 1 is 0.557 bits per heavy atom. The second-order valence-electron chi connectivity index (χ2n) is 18.8. The zero-order chi connectivity index (χ0) is 51.9. The maximum absolute atomic E-state index is 13.7. The number of aromatic nitrogens is 2. The first kappa shape index (κ1) is 54.8. The topological polar surface area (TPSA) is 103 Å². The smallest absolute Gasteiger partial charge is 0.444 e. The van der Waals surface area contributed by atoms with Gasteiger partial charge in [0.15, 0.2) is 0 Å². The molecule has 4 heterocycles. The number of halogens is 13. The van der Waals surface area contributed by atoms with E-state index in [-0.39, 0.29) is 34.2 Å². The van der Waals surface area contributed by atoms with Gasteiger partial charge in [-0.15, -0.1) is 49.0 Å². The second kappa shape index (κ2) is 20.5. The van der Waals surface area contributed by atoms with Crippen molar-refractivity contribution in [3.63, 3.8) is 0 Å². The van der Waals surface area contributed by atoms with Crippen LogP contribution in [-0.2, 0) is 21.8 Å². The standard InChI is InChI=1S/C24H26F6N2O3S.C21H21BrF6N2O3S/c1-22(2,3)35-21(33)32-8-6-14(7-9-32)20-31-17(12-36-20)15-10-16(13-4-5-13)19(23(25,26)27)18(11-15)34-24(28,29)30;1-19(2,3)33-18(31)30-6-4-11(5-7-30)17-29-14(10-34-17)12-8-13(22)16(20(23,24)25)15(9-12)32-21(26,27)28/h10-14H,4-9H2,1-3H3;8-11H,4-7H2,1-3H3. The molecule has 10 nitrogen and oxygen atoms in total. The highest BCUT2D eigenvalue weighted by atomic mass is 79.9. The molecule has 2 aromatic carbocycles. The fraction of sp³-hybridized carbons (Fsp3) is 0.556. The lowest BCUT2D eigenvalue weighted by molar-refractivity contribution is -0.277. The van der Waals surface area contributed by atoms with Gasteiger partial charge in [-0.3, -0.25) is 0 Å². The summed E-state index contributed by atoms with van der Waals surface area (Å²) in [5, 5.41) is 4.61. The third-order valence-electron chi connectivity index (χ3n) is 10.8. The Morgan fingerprint density at radius 3 is 1.27 bits per heavy atom. The Balaban J connectivity index is 0.000000230. The Bertz CT molecular complexity index is 2490. The Morgan fingerprint density at radius 2 is 0.929 bits per heavy atom. The number of rotatable bonds is 7. The van der Waals surface area contributed by atoms with Crippen LogP contribution in [-0.4, -0.2) is 82.1 Å². The van der Waals surface area contributed by atoms with Gasteiger partial charge in [0.1, 0.15) is 33.8 Å². The minimum atomic E-state index is -5.30. The highest BCUT2D eigenvalue weighted by Gasteiger charge is 2.45. The summed E-state index contributed by atoms with van der Waals surface area (Å²) in [7, 11) is 0. The molecule has 0 spiro atoms. The Hall–Kier alpha value is -4.52. The molecule has 2 saturated heterocycles. The van der Waals surface area contributed by atoms with Crippen LogP contribution in [0, 0.1) is 0 Å². The van der Waals surface area contributed by atoms with Crippen molar-refractivity contribution in [2.75, 3.05) is 26.2 Å². The fourth-order valence-corrected chi connectivity index (χ4v) is 10.4. The summed E-state index contributed by atoms with van der Waals surface area (Å²) >= 11 is 5.28. The van der Waals surface area contributed by atoms with Crippen LogP contribution >= 0.6 is 38.6 Å². The first-order chi connectivity index (χ1) is 32.1. The van der Waals surface area contributed by atoms with Gasteiger partial charge in [0.2, 0.25) is 0 Å². The van der Waals surface area contributed by atoms with E-state index in [1.807, 2.05) is 0 Å². The molecule has 25 heteroatoms. The number of hydrogen-bond donors (Lipinski definition) is 0. The Labute approximate surface area is 410 Å². The summed E-state index contributed by atoms with van der Waals surface area (Å²) in [6.07, 6.45) is -18.0. The van der Waals surface area contributed by atoms with Crippen molar-refractivity contribution in [3.8, 4) is 34.0 Å². The predicted octanol–water partition coefficient (Wildman–Crippen LogP) is 15.3. The van der Waals surface area contributed by atoms with Gasteiger partial charge in [0.05, 0.1) is 21.4 Å². The molecule has 3 aliphatic rings. The zero-order valence-corrected chi connectivity index (χ0v) is 41.5. The number of ether oxygens (including phenoxy) is 4. The molecular formula is C45H47BrF12N4O6S2. The van der Waals surface area contributed by atoms with Crippen LogP contribution in [0.15, 0.2) is 39.5 Å². The number of carbonyl (C=O) groups excluding carboxylic acids is 2. The lowest BCUT2D eigenvalue weighted by Gasteiger charge is -2.32. The largest absolute Gasteiger partial charge is 0.573 e. The van der Waals surface area contributed by atoms with Crippen LogP contribution in [0.2, 0.25) is 0 Å². The van der Waals surface area contributed by atoms with Crippen LogP contribution in [0.5, 0.6) is 11.5 Å². The molecule has 2 aromatic heterocycles. The van der Waals surface area contributed by atoms with Gasteiger partial charge in [-0.1, -0.05) is 15.9 Å². The van der Waals surface area contributed by atoms with Crippen LogP contribution in [0.3, 0.4) is 0 Å². The minimum Gasteiger partial charge on any atom is -0.444 e. The third kappa shape index (κ3) is 15.0. The van der Waals surface area contributed by atoms with Crippen molar-refractivity contribution in [1.29, 1.82) is 0 Å². The summed E-state index contributed by atoms with van der Waals surface area (Å²) in [6, 6.07) is 3.81. The van der Waals surface area contributed by atoms with Crippen LogP contribution < -0.4 is 9.47 Å². The first-order valence-corrected chi connectivity index (χ1v) is 24.2. The molecule has 0 unspecified atom stereocenters. The number of hydrogen-bond acceptors (Lipinski definition) is 10. The number of likely N-dealkylation sites (tertiary alicyclic amines) is 2. The van der Waals surface area contributed by atoms with Crippen molar-refractivity contribution in [3.05, 3.63) is 66.2 Å². The molecule has 2 aliphatic heterocycles. The maximum Gasteiger partial charge on any atom is 0.573 e. The SMILES string of the molecule is CC(C)(C)OC(=O)N1CCC(c2nc(-c3cc(Br)c(C(F)(F)F)c(OC(F)(F)F)c3)cs2)CC1.CC(C)(C)OC(=O)N1CCC(c2nc(-c3cc(OC(F)(F)F)c(C(F)(F)F)c(C4CC4)c3)cs2)CC1. The molecule has 1 saturated carbocycles. The van der Waals surface area contributed by atoms with E-state index in [0.717, 1.165) is 17.1 Å². The minimum absolute atomic E-state index is 0.00113. The summed E-state index contributed by atoms with van der Waals surface area (Å²) < 4.78 is 176. The molecule has 386 valence electrons. The number of alkyl halides is 12. The molecule has 0 N–H and O–H groups in total. The van der Waals surface area contributed by atoms with Crippen LogP contribution in [0.1, 0.15) is 125 Å². The zero-order valence-electron chi connectivity index (χ0n) is 38.2. The van der Waals surface area contributed by atoms with Crippen molar-refractivity contribution < 1.29 is 81.2 Å². The number of benzene rings is 2. The van der Waals surface area contributed by atoms with Gasteiger partial charge in [-0.25, -0.2) is 19.6 Å². The predicted molar refractivity (Wildman–Crippen MR) is 238 cm³/mol. The van der Waals surface area contributed by atoms with Crippen molar-refractivity contribution in [1.82, 2.24) is 19.8 Å². The lowest BCUT2D eigenvalue weighted by atomic mass is 9.96. The van der Waals surface area contributed by atoms with E-state index in [1.165, 1.54) is 28.7 Å². The number of piperidine rings is 2. The van der Waals surface area contributed by atoms with Gasteiger partial charge >= 0.3 is 37.3 Å². The molecule has 70 heavy (non-hydrogen) atoms. The van der Waals surface area contributed by atoms with Crippen LogP contribution in [0.25, 0.3) is 22.5 Å². The quantitative estimate of drug-likeness (QED) is 0.169. The van der Waals surface area contributed by atoms with Crippen LogP contribution in [0.4, 0.5) is 62.3 Å². The normalized spacial score (nSPS) is 17.0. The molecule has 2 amide bonds. The average molecular weight is 1110 g/mol. The molecule has 3 fully saturated rings. The summed E-state index contributed by atoms with van der Waals surface area (Å²) in [5.74, 6) is -3.06. The van der Waals surface area contributed by atoms with Crippen molar-refractivity contribution in [2.45, 2.75) is 134 Å². The number of carbonyl (C=O) groups is 2. The summed E-state index contributed by atoms with van der Waals surface area (Å²) in [5.41, 5.74) is -3.61. The number of thiazole rings is 2. The highest BCUT2D eigenvalue weighted by Crippen LogP contribution is 2.52. The van der Waals surface area contributed by atoms with E-state index in [2.05, 4.69) is 35.4 Å². The maximum atomic E-state index is 13.7. The number of amides is 2. The summed E-state index contributed by atoms with van der Waals surface area (Å²) in [4.78, 5) is 36.7. The lowest BCUT2D eigenvalue weighted by Crippen LogP contribution is -2.41. The van der Waals surface area contributed by atoms with E-state index >= 15 is 0 Å². The molecule has 1 aliphatic carbocycles. The molecular weight excluding hydrogens is 1060 g/mol. The van der Waals surface area contributed by atoms with Gasteiger partial charge in [-0.2, -0.15) is 26.3 Å². The van der Waals surface area contributed by atoms with E-state index in [4.69, 9.17) is 9.47 Å². The van der Waals surface area contributed by atoms with Gasteiger partial charge in [0.25, 0.3) is 0 Å². The van der Waals surface area contributed by atoms with Gasteiger partial charge in [0, 0.05) is 64.4 Å².